The fraction of sp³-hybridized carbons (Fsp3) is 0.423. The molecule has 2 aliphatic heterocycles. The maximum Gasteiger partial charge on any atom is 0.231 e. The average molecular weight is 419 g/mol. The Kier molecular flexibility index (Phi) is 4.72. The Labute approximate surface area is 184 Å². The molecule has 0 fully saturated rings. The SMILES string of the molecule is CCN(CC)c1ccc(C2C3=C(CC(C)(C)CC3=O)Nc3cc4c(cc32)OCO4)cc1. The molecule has 1 N–H and O–H groups in total. The average Bonchev–Trinajstić information content (AvgIpc) is 3.18. The molecule has 1 atom stereocenters. The van der Waals surface area contributed by atoms with Crippen LogP contribution in [0, 0.1) is 5.41 Å². The van der Waals surface area contributed by atoms with Crippen LogP contribution in [0.15, 0.2) is 47.7 Å². The first-order valence-corrected chi connectivity index (χ1v) is 11.2. The number of allylic oxidation sites excluding steroid dienone is 2. The van der Waals surface area contributed by atoms with Gasteiger partial charge in [-0.15, -0.1) is 0 Å². The van der Waals surface area contributed by atoms with Crippen LogP contribution in [0.1, 0.15) is 57.6 Å². The normalized spacial score (nSPS) is 20.8. The van der Waals surface area contributed by atoms with E-state index in [2.05, 4.69) is 62.2 Å². The summed E-state index contributed by atoms with van der Waals surface area (Å²) in [6.45, 7) is 10.8. The number of Topliss-reactive ketones (excluding diaryl/α,β-unsaturated/α-hetero) is 1. The lowest BCUT2D eigenvalue weighted by Gasteiger charge is -2.39. The van der Waals surface area contributed by atoms with E-state index in [1.54, 1.807) is 0 Å². The molecular formula is C26H30N2O3. The third-order valence-electron chi connectivity index (χ3n) is 6.70. The summed E-state index contributed by atoms with van der Waals surface area (Å²) in [4.78, 5) is 15.7. The highest BCUT2D eigenvalue weighted by atomic mass is 16.7. The molecule has 0 saturated heterocycles. The molecule has 5 nitrogen and oxygen atoms in total. The predicted molar refractivity (Wildman–Crippen MR) is 123 cm³/mol. The Morgan fingerprint density at radius 1 is 1.03 bits per heavy atom. The van der Waals surface area contributed by atoms with Gasteiger partial charge < -0.3 is 19.7 Å². The molecule has 1 aliphatic carbocycles. The summed E-state index contributed by atoms with van der Waals surface area (Å²) < 4.78 is 11.3. The number of carbonyl (C=O) groups is 1. The van der Waals surface area contributed by atoms with Crippen molar-refractivity contribution in [2.45, 2.75) is 46.5 Å². The lowest BCUT2D eigenvalue weighted by molar-refractivity contribution is -0.118. The van der Waals surface area contributed by atoms with E-state index in [1.165, 1.54) is 5.69 Å². The molecule has 5 heteroatoms. The smallest absolute Gasteiger partial charge is 0.231 e. The minimum absolute atomic E-state index is 0.0477. The summed E-state index contributed by atoms with van der Waals surface area (Å²) in [7, 11) is 0. The number of benzene rings is 2. The van der Waals surface area contributed by atoms with Gasteiger partial charge in [0.15, 0.2) is 17.3 Å². The molecule has 0 amide bonds. The van der Waals surface area contributed by atoms with Crippen LogP contribution in [0.5, 0.6) is 11.5 Å². The van der Waals surface area contributed by atoms with E-state index < -0.39 is 0 Å². The van der Waals surface area contributed by atoms with Crippen LogP contribution in [0.4, 0.5) is 11.4 Å². The highest BCUT2D eigenvalue weighted by Crippen LogP contribution is 2.51. The van der Waals surface area contributed by atoms with E-state index in [0.29, 0.717) is 6.42 Å². The van der Waals surface area contributed by atoms with Crippen molar-refractivity contribution in [1.29, 1.82) is 0 Å². The number of carbonyl (C=O) groups excluding carboxylic acids is 1. The molecule has 1 unspecified atom stereocenters. The summed E-state index contributed by atoms with van der Waals surface area (Å²) in [5, 5.41) is 3.58. The topological polar surface area (TPSA) is 50.8 Å². The minimum atomic E-state index is -0.102. The van der Waals surface area contributed by atoms with Gasteiger partial charge in [-0.1, -0.05) is 26.0 Å². The highest BCUT2D eigenvalue weighted by Gasteiger charge is 2.41. The van der Waals surface area contributed by atoms with Gasteiger partial charge in [0.1, 0.15) is 0 Å². The first kappa shape index (κ1) is 20.0. The van der Waals surface area contributed by atoms with Crippen molar-refractivity contribution in [2.75, 3.05) is 30.1 Å². The Hall–Kier alpha value is -2.95. The van der Waals surface area contributed by atoms with Gasteiger partial charge in [0, 0.05) is 54.1 Å². The first-order chi connectivity index (χ1) is 14.9. The maximum absolute atomic E-state index is 13.4. The van der Waals surface area contributed by atoms with E-state index in [0.717, 1.165) is 59.1 Å². The number of fused-ring (bicyclic) bond motifs is 2. The molecule has 162 valence electrons. The van der Waals surface area contributed by atoms with Gasteiger partial charge in [0.05, 0.1) is 0 Å². The Balaban J connectivity index is 1.64. The largest absolute Gasteiger partial charge is 0.454 e. The molecule has 0 radical (unpaired) electrons. The van der Waals surface area contributed by atoms with Crippen LogP contribution in [0.25, 0.3) is 0 Å². The number of rotatable bonds is 4. The van der Waals surface area contributed by atoms with E-state index >= 15 is 0 Å². The zero-order chi connectivity index (χ0) is 21.8. The van der Waals surface area contributed by atoms with Gasteiger partial charge in [0.25, 0.3) is 0 Å². The molecule has 5 rings (SSSR count). The van der Waals surface area contributed by atoms with E-state index in [1.807, 2.05) is 12.1 Å². The summed E-state index contributed by atoms with van der Waals surface area (Å²) >= 11 is 0. The standard InChI is InChI=1S/C26H30N2O3/c1-5-28(6-2)17-9-7-16(8-10-17)24-18-11-22-23(31-15-30-22)12-19(18)27-20-13-26(3,4)14-21(29)25(20)24/h7-12,24,27H,5-6,13-15H2,1-4H3. The Morgan fingerprint density at radius 3 is 2.39 bits per heavy atom. The zero-order valence-electron chi connectivity index (χ0n) is 18.7. The van der Waals surface area contributed by atoms with Crippen LogP contribution in [-0.2, 0) is 4.79 Å². The van der Waals surface area contributed by atoms with Gasteiger partial charge in [-0.05, 0) is 55.0 Å². The second-order valence-electron chi connectivity index (χ2n) is 9.45. The minimum Gasteiger partial charge on any atom is -0.454 e. The quantitative estimate of drug-likeness (QED) is 0.714. The predicted octanol–water partition coefficient (Wildman–Crippen LogP) is 5.46. The number of ketones is 1. The third kappa shape index (κ3) is 3.36. The van der Waals surface area contributed by atoms with Gasteiger partial charge in [0.2, 0.25) is 6.79 Å². The number of hydrogen-bond acceptors (Lipinski definition) is 5. The number of nitrogens with zero attached hydrogens (tertiary/aromatic N) is 1. The molecular weight excluding hydrogens is 388 g/mol. The Morgan fingerprint density at radius 2 is 1.71 bits per heavy atom. The van der Waals surface area contributed by atoms with Crippen LogP contribution in [0.3, 0.4) is 0 Å². The van der Waals surface area contributed by atoms with E-state index in [4.69, 9.17) is 9.47 Å². The van der Waals surface area contributed by atoms with Gasteiger partial charge in [-0.25, -0.2) is 0 Å². The summed E-state index contributed by atoms with van der Waals surface area (Å²) in [6.07, 6.45) is 1.43. The van der Waals surface area contributed by atoms with Gasteiger partial charge in [-0.2, -0.15) is 0 Å². The molecule has 2 aromatic rings. The Bertz CT molecular complexity index is 1060. The lowest BCUT2D eigenvalue weighted by Crippen LogP contribution is -2.33. The first-order valence-electron chi connectivity index (χ1n) is 11.2. The van der Waals surface area contributed by atoms with E-state index in [-0.39, 0.29) is 23.9 Å². The number of hydrogen-bond donors (Lipinski definition) is 1. The van der Waals surface area contributed by atoms with Crippen LogP contribution < -0.4 is 19.7 Å². The molecule has 31 heavy (non-hydrogen) atoms. The van der Waals surface area contributed by atoms with Crippen LogP contribution >= 0.6 is 0 Å². The second-order valence-corrected chi connectivity index (χ2v) is 9.45. The van der Waals surface area contributed by atoms with Gasteiger partial charge >= 0.3 is 0 Å². The highest BCUT2D eigenvalue weighted by molar-refractivity contribution is 6.01. The van der Waals surface area contributed by atoms with Crippen LogP contribution in [-0.4, -0.2) is 25.7 Å². The molecule has 2 aromatic carbocycles. The van der Waals surface area contributed by atoms with Crippen molar-refractivity contribution < 1.29 is 14.3 Å². The lowest BCUT2D eigenvalue weighted by atomic mass is 9.68. The third-order valence-corrected chi connectivity index (χ3v) is 6.70. The molecule has 2 heterocycles. The van der Waals surface area contributed by atoms with Crippen molar-refractivity contribution in [3.8, 4) is 11.5 Å². The monoisotopic (exact) mass is 418 g/mol. The maximum atomic E-state index is 13.4. The van der Waals surface area contributed by atoms with Crippen molar-refractivity contribution in [3.05, 3.63) is 58.8 Å². The molecule has 0 spiro atoms. The second kappa shape index (κ2) is 7.33. The van der Waals surface area contributed by atoms with Crippen molar-refractivity contribution >= 4 is 17.2 Å². The molecule has 0 saturated carbocycles. The molecule has 0 aromatic heterocycles. The number of ether oxygens (including phenoxy) is 2. The van der Waals surface area contributed by atoms with Crippen LogP contribution in [0.2, 0.25) is 0 Å². The summed E-state index contributed by atoms with van der Waals surface area (Å²) in [6, 6.07) is 12.8. The number of anilines is 2. The van der Waals surface area contributed by atoms with Crippen molar-refractivity contribution in [2.24, 2.45) is 5.41 Å². The van der Waals surface area contributed by atoms with Crippen molar-refractivity contribution in [3.63, 3.8) is 0 Å². The molecule has 0 bridgehead atoms. The fourth-order valence-electron chi connectivity index (χ4n) is 5.22. The van der Waals surface area contributed by atoms with Crippen molar-refractivity contribution in [1.82, 2.24) is 0 Å². The van der Waals surface area contributed by atoms with E-state index in [9.17, 15) is 4.79 Å². The molecule has 3 aliphatic rings. The number of nitrogens with one attached hydrogen (secondary N) is 1. The summed E-state index contributed by atoms with van der Waals surface area (Å²) in [5.41, 5.74) is 6.33. The fourth-order valence-corrected chi connectivity index (χ4v) is 5.22. The zero-order valence-corrected chi connectivity index (χ0v) is 18.7. The summed E-state index contributed by atoms with van der Waals surface area (Å²) in [5.74, 6) is 1.64. The van der Waals surface area contributed by atoms with Gasteiger partial charge in [-0.3, -0.25) is 4.79 Å².